The Morgan fingerprint density at radius 1 is 0.768 bits per heavy atom. The van der Waals surface area contributed by atoms with Gasteiger partial charge in [-0.25, -0.2) is 4.79 Å². The molecule has 9 atom stereocenters. The van der Waals surface area contributed by atoms with Crippen LogP contribution in [0, 0.1) is 56.7 Å². The number of hydrogen-bond donors (Lipinski definition) is 4. The maximum Gasteiger partial charge on any atom is 0.335 e. The second-order valence-electron chi connectivity index (χ2n) is 20.0. The molecule has 4 unspecified atom stereocenters. The highest BCUT2D eigenvalue weighted by molar-refractivity contribution is 5.88. The van der Waals surface area contributed by atoms with Gasteiger partial charge >= 0.3 is 17.9 Å². The fraction of sp³-hybridized carbons (Fsp3) is 0.745. The average Bonchev–Trinajstić information content (AvgIpc) is 3.52. The van der Waals surface area contributed by atoms with Gasteiger partial charge in [0.15, 0.2) is 0 Å². The summed E-state index contributed by atoms with van der Waals surface area (Å²) in [4.78, 5) is 50.6. The van der Waals surface area contributed by atoms with Crippen molar-refractivity contribution in [3.05, 3.63) is 41.5 Å². The first-order valence-electron chi connectivity index (χ1n) is 21.9. The van der Waals surface area contributed by atoms with E-state index in [-0.39, 0.29) is 45.8 Å². The number of nitrogens with one attached hydrogen (secondary N) is 1. The molecule has 0 bridgehead atoms. The molecule has 56 heavy (non-hydrogen) atoms. The van der Waals surface area contributed by atoms with Crippen LogP contribution in [-0.2, 0) is 14.4 Å². The van der Waals surface area contributed by atoms with Gasteiger partial charge in [0.2, 0.25) is 5.91 Å². The highest BCUT2D eigenvalue weighted by Crippen LogP contribution is 2.77. The first-order chi connectivity index (χ1) is 26.4. The summed E-state index contributed by atoms with van der Waals surface area (Å²) in [6.45, 7) is 16.7. The fourth-order valence-corrected chi connectivity index (χ4v) is 14.3. The number of fused-ring (bicyclic) bond motifs is 7. The van der Waals surface area contributed by atoms with E-state index in [1.54, 1.807) is 12.1 Å². The summed E-state index contributed by atoms with van der Waals surface area (Å²) in [6, 6.07) is 7.48. The average molecular weight is 775 g/mol. The largest absolute Gasteiger partial charge is 0.481 e. The molecular weight excluding hydrogens is 705 g/mol. The lowest BCUT2D eigenvalue weighted by Crippen LogP contribution is -2.66. The van der Waals surface area contributed by atoms with Crippen LogP contribution >= 0.6 is 0 Å². The molecule has 310 valence electrons. The van der Waals surface area contributed by atoms with Crippen LogP contribution in [0.15, 0.2) is 30.3 Å². The maximum absolute atomic E-state index is 14.6. The van der Waals surface area contributed by atoms with Gasteiger partial charge in [-0.05, 0) is 145 Å². The van der Waals surface area contributed by atoms with Crippen LogP contribution in [0.2, 0.25) is 0 Å². The third-order valence-corrected chi connectivity index (χ3v) is 17.2. The van der Waals surface area contributed by atoms with Crippen molar-refractivity contribution < 1.29 is 34.5 Å². The van der Waals surface area contributed by atoms with Crippen LogP contribution in [0.3, 0.4) is 0 Å². The molecular formula is C47H70N2O7. The van der Waals surface area contributed by atoms with Crippen molar-refractivity contribution in [2.75, 3.05) is 26.2 Å². The SMILES string of the molecule is CCCC[C@@H]1CC[C@]2(C(=O)NCCCN(CCC(=O)O)CCC(=O)O)CC[C@]3(C)C(CCC4[C@@]5(C)CC=C(c6ccc(C(=O)O)cc6)C(C)(C)C5CC[C@]43C)C12. The van der Waals surface area contributed by atoms with E-state index in [4.69, 9.17) is 0 Å². The van der Waals surface area contributed by atoms with Gasteiger partial charge < -0.3 is 25.5 Å². The summed E-state index contributed by atoms with van der Waals surface area (Å²) in [7, 11) is 0. The lowest BCUT2D eigenvalue weighted by molar-refractivity contribution is -0.226. The van der Waals surface area contributed by atoms with Gasteiger partial charge in [-0.15, -0.1) is 0 Å². The number of carboxylic acid groups (broad SMARTS) is 3. The fourth-order valence-electron chi connectivity index (χ4n) is 14.3. The molecule has 0 heterocycles. The second kappa shape index (κ2) is 16.2. The van der Waals surface area contributed by atoms with Crippen LogP contribution in [0.4, 0.5) is 0 Å². The number of aliphatic carboxylic acids is 2. The zero-order valence-corrected chi connectivity index (χ0v) is 35.1. The van der Waals surface area contributed by atoms with E-state index in [1.165, 1.54) is 50.5 Å². The van der Waals surface area contributed by atoms with Gasteiger partial charge in [-0.1, -0.05) is 79.0 Å². The van der Waals surface area contributed by atoms with E-state index in [1.807, 2.05) is 17.0 Å². The topological polar surface area (TPSA) is 144 Å². The Morgan fingerprint density at radius 2 is 1.45 bits per heavy atom. The molecule has 4 N–H and O–H groups in total. The van der Waals surface area contributed by atoms with Crippen LogP contribution in [-0.4, -0.2) is 70.2 Å². The highest BCUT2D eigenvalue weighted by atomic mass is 16.4. The Hall–Kier alpha value is -3.20. The Labute approximate surface area is 335 Å². The number of hydrogen-bond acceptors (Lipinski definition) is 5. The van der Waals surface area contributed by atoms with Crippen LogP contribution in [0.25, 0.3) is 5.57 Å². The van der Waals surface area contributed by atoms with Crippen LogP contribution < -0.4 is 5.32 Å². The summed E-state index contributed by atoms with van der Waals surface area (Å²) in [5.41, 5.74) is 2.89. The van der Waals surface area contributed by atoms with Crippen molar-refractivity contribution in [2.45, 2.75) is 138 Å². The molecule has 0 radical (unpaired) electrons. The molecule has 9 nitrogen and oxygen atoms in total. The predicted octanol–water partition coefficient (Wildman–Crippen LogP) is 9.41. The molecule has 0 aliphatic heterocycles. The predicted molar refractivity (Wildman–Crippen MR) is 219 cm³/mol. The first kappa shape index (κ1) is 42.4. The zero-order valence-electron chi connectivity index (χ0n) is 35.1. The number of aromatic carboxylic acids is 1. The normalized spacial score (nSPS) is 35.7. The number of rotatable bonds is 16. The van der Waals surface area contributed by atoms with Crippen molar-refractivity contribution in [1.82, 2.24) is 10.2 Å². The minimum atomic E-state index is -0.896. The van der Waals surface area contributed by atoms with Crippen molar-refractivity contribution in [2.24, 2.45) is 56.7 Å². The second-order valence-corrected chi connectivity index (χ2v) is 20.0. The monoisotopic (exact) mass is 775 g/mol. The van der Waals surface area contributed by atoms with Gasteiger partial charge in [-0.3, -0.25) is 14.4 Å². The van der Waals surface area contributed by atoms with E-state index in [9.17, 15) is 34.5 Å². The summed E-state index contributed by atoms with van der Waals surface area (Å²) in [6.07, 6.45) is 16.5. The molecule has 4 fully saturated rings. The van der Waals surface area contributed by atoms with E-state index >= 15 is 0 Å². The first-order valence-corrected chi connectivity index (χ1v) is 21.9. The van der Waals surface area contributed by atoms with Crippen LogP contribution in [0.1, 0.15) is 154 Å². The molecule has 6 rings (SSSR count). The van der Waals surface area contributed by atoms with Gasteiger partial charge in [0, 0.05) is 19.6 Å². The summed E-state index contributed by atoms with van der Waals surface area (Å²) < 4.78 is 0. The van der Waals surface area contributed by atoms with Crippen molar-refractivity contribution in [3.63, 3.8) is 0 Å². The lowest BCUT2D eigenvalue weighted by Gasteiger charge is -2.72. The third-order valence-electron chi connectivity index (χ3n) is 17.2. The standard InChI is InChI=1S/C47H70N2O7/c1-7-8-10-32-17-24-47(42(56)48-27-9-28-49(29-20-38(50)51)30-21-39(52)53)26-25-45(5)35(40(32)47)15-16-37-44(4)22-18-34(31-11-13-33(14-12-31)41(54)55)43(2,3)36(44)19-23-46(37,45)6/h11-14,18,32,35-37,40H,7-10,15-17,19-30H2,1-6H3,(H,48,56)(H,50,51)(H,52,53)(H,54,55)/t32-,35?,36?,37?,40?,44+,45-,46-,47+/m1/s1. The number of unbranched alkanes of at least 4 members (excludes halogenated alkanes) is 1. The zero-order chi connectivity index (χ0) is 40.7. The maximum atomic E-state index is 14.6. The number of benzene rings is 1. The number of carboxylic acids is 3. The molecule has 0 spiro atoms. The summed E-state index contributed by atoms with van der Waals surface area (Å²) in [5.74, 6) is 0.0877. The van der Waals surface area contributed by atoms with E-state index in [0.29, 0.717) is 67.8 Å². The Bertz CT molecular complexity index is 1650. The number of amides is 1. The highest BCUT2D eigenvalue weighted by Gasteiger charge is 2.71. The molecule has 0 saturated heterocycles. The van der Waals surface area contributed by atoms with E-state index < -0.39 is 17.9 Å². The van der Waals surface area contributed by atoms with Gasteiger partial charge in [0.05, 0.1) is 23.8 Å². The number of carbonyl (C=O) groups excluding carboxylic acids is 1. The Morgan fingerprint density at radius 3 is 2.07 bits per heavy atom. The van der Waals surface area contributed by atoms with E-state index in [0.717, 1.165) is 37.7 Å². The quantitative estimate of drug-likeness (QED) is 0.122. The molecule has 1 amide bonds. The van der Waals surface area contributed by atoms with Crippen molar-refractivity contribution in [3.8, 4) is 0 Å². The molecule has 1 aromatic rings. The summed E-state index contributed by atoms with van der Waals surface area (Å²) in [5, 5.41) is 31.3. The summed E-state index contributed by atoms with van der Waals surface area (Å²) >= 11 is 0. The molecule has 5 aliphatic carbocycles. The van der Waals surface area contributed by atoms with Gasteiger partial charge in [-0.2, -0.15) is 0 Å². The molecule has 4 saturated carbocycles. The van der Waals surface area contributed by atoms with Crippen molar-refractivity contribution >= 4 is 29.4 Å². The molecule has 9 heteroatoms. The molecule has 5 aliphatic rings. The molecule has 0 aromatic heterocycles. The third kappa shape index (κ3) is 7.36. The van der Waals surface area contributed by atoms with Gasteiger partial charge in [0.25, 0.3) is 0 Å². The number of nitrogens with zero attached hydrogens (tertiary/aromatic N) is 1. The Kier molecular flexibility index (Phi) is 12.3. The Balaban J connectivity index is 1.22. The molecule has 1 aromatic carbocycles. The number of carbonyl (C=O) groups is 4. The minimum absolute atomic E-state index is 0.0320. The smallest absolute Gasteiger partial charge is 0.335 e. The lowest BCUT2D eigenvalue weighted by atomic mass is 9.32. The van der Waals surface area contributed by atoms with Gasteiger partial charge in [0.1, 0.15) is 0 Å². The van der Waals surface area contributed by atoms with Crippen molar-refractivity contribution in [1.29, 1.82) is 0 Å². The number of allylic oxidation sites excluding steroid dienone is 2. The van der Waals surface area contributed by atoms with E-state index in [2.05, 4.69) is 52.9 Å². The minimum Gasteiger partial charge on any atom is -0.481 e. The van der Waals surface area contributed by atoms with Crippen LogP contribution in [0.5, 0.6) is 0 Å².